The van der Waals surface area contributed by atoms with E-state index in [4.69, 9.17) is 0 Å². The van der Waals surface area contributed by atoms with Crippen LogP contribution in [-0.2, 0) is 0 Å². The fourth-order valence-electron chi connectivity index (χ4n) is 8.47. The number of aromatic nitrogens is 3. The number of nitriles is 5. The Labute approximate surface area is 343 Å². The van der Waals surface area contributed by atoms with Crippen molar-refractivity contribution >= 4 is 43.6 Å². The second-order valence-electron chi connectivity index (χ2n) is 14.4. The molecule has 3 aromatic heterocycles. The van der Waals surface area contributed by atoms with E-state index in [9.17, 15) is 26.3 Å². The summed E-state index contributed by atoms with van der Waals surface area (Å²) < 4.78 is 4.45. The Hall–Kier alpha value is -9.26. The largest absolute Gasteiger partial charge is 0.307 e. The number of fused-ring (bicyclic) bond motifs is 6. The van der Waals surface area contributed by atoms with E-state index in [1.54, 1.807) is 48.8 Å². The van der Waals surface area contributed by atoms with E-state index in [0.29, 0.717) is 27.8 Å². The summed E-state index contributed by atoms with van der Waals surface area (Å²) in [5, 5.41) is 53.7. The molecular weight excluding hydrogens is 737 g/mol. The molecule has 0 N–H and O–H groups in total. The molecule has 0 radical (unpaired) electrons. The van der Waals surface area contributed by atoms with Crippen LogP contribution in [0.1, 0.15) is 27.8 Å². The molecule has 274 valence electrons. The van der Waals surface area contributed by atoms with Gasteiger partial charge in [0.2, 0.25) is 0 Å². The zero-order valence-electron chi connectivity index (χ0n) is 31.6. The van der Waals surface area contributed by atoms with Crippen molar-refractivity contribution in [2.75, 3.05) is 0 Å². The van der Waals surface area contributed by atoms with Crippen LogP contribution in [-0.4, -0.2) is 14.1 Å². The highest BCUT2D eigenvalue weighted by Gasteiger charge is 2.23. The summed E-state index contributed by atoms with van der Waals surface area (Å²) in [4.78, 5) is 4.25. The van der Waals surface area contributed by atoms with Gasteiger partial charge in [-0.15, -0.1) is 0 Å². The Morgan fingerprint density at radius 3 is 1.23 bits per heavy atom. The molecule has 10 aromatic rings. The highest BCUT2D eigenvalue weighted by Crippen LogP contribution is 2.42. The summed E-state index contributed by atoms with van der Waals surface area (Å²) in [6.45, 7) is 0. The Kier molecular flexibility index (Phi) is 8.23. The van der Waals surface area contributed by atoms with Crippen molar-refractivity contribution in [3.63, 3.8) is 0 Å². The Bertz CT molecular complexity index is 3600. The van der Waals surface area contributed by atoms with Crippen molar-refractivity contribution in [2.24, 2.45) is 0 Å². The maximum absolute atomic E-state index is 10.8. The SMILES string of the molecule is N#Cc1cc(C#N)cc(-c2ccc3c(c2)c2ccccc2n3-c2cc(C#N)c(-c3ccncc3)cc2-n2c3ccccc3c3cc(-c4cc(C#N)cc(C#N)c4)ccc32)c1. The molecule has 0 amide bonds. The summed E-state index contributed by atoms with van der Waals surface area (Å²) in [6.07, 6.45) is 3.45. The van der Waals surface area contributed by atoms with Crippen LogP contribution in [0.4, 0.5) is 0 Å². The number of nitrogens with zero attached hydrogens (tertiary/aromatic N) is 8. The second-order valence-corrected chi connectivity index (χ2v) is 14.4. The molecule has 0 spiro atoms. The lowest BCUT2D eigenvalue weighted by Gasteiger charge is -2.19. The first-order valence-corrected chi connectivity index (χ1v) is 19.0. The number of benzene rings is 7. The molecule has 0 aliphatic rings. The van der Waals surface area contributed by atoms with Crippen LogP contribution >= 0.6 is 0 Å². The molecule has 10 rings (SSSR count). The van der Waals surface area contributed by atoms with Gasteiger partial charge in [-0.1, -0.05) is 48.5 Å². The minimum atomic E-state index is 0.412. The van der Waals surface area contributed by atoms with Crippen molar-refractivity contribution in [1.29, 1.82) is 26.3 Å². The van der Waals surface area contributed by atoms with Gasteiger partial charge in [-0.05, 0) is 125 Å². The first-order chi connectivity index (χ1) is 29.5. The molecular formula is C52H26N8. The summed E-state index contributed by atoms with van der Waals surface area (Å²) in [6, 6.07) is 58.3. The van der Waals surface area contributed by atoms with Crippen molar-refractivity contribution < 1.29 is 0 Å². The molecule has 60 heavy (non-hydrogen) atoms. The van der Waals surface area contributed by atoms with E-state index in [2.05, 4.69) is 99.1 Å². The standard InChI is InChI=1S/C52H26N8/c53-27-32-17-33(28-54)20-39(19-32)37-9-11-49-45(23-37)42-5-1-3-7-47(42)59(49)51-25-41(31-57)44(36-13-15-58-16-14-36)26-52(51)60-48-8-4-2-6-43(48)46-24-38(10-12-50(46)60)40-21-34(29-55)18-35(22-40)30-56/h1-26H. The molecule has 8 nitrogen and oxygen atoms in total. The molecule has 0 aliphatic heterocycles. The van der Waals surface area contributed by atoms with Gasteiger partial charge >= 0.3 is 0 Å². The third kappa shape index (κ3) is 5.61. The quantitative estimate of drug-likeness (QED) is 0.171. The highest BCUT2D eigenvalue weighted by atomic mass is 15.1. The van der Waals surface area contributed by atoms with E-state index in [1.807, 2.05) is 54.6 Å². The topological polar surface area (TPSA) is 142 Å². The molecule has 7 aromatic carbocycles. The summed E-state index contributed by atoms with van der Waals surface area (Å²) >= 11 is 0. The van der Waals surface area contributed by atoms with E-state index in [-0.39, 0.29) is 0 Å². The predicted molar refractivity (Wildman–Crippen MR) is 233 cm³/mol. The second kappa shape index (κ2) is 14.0. The predicted octanol–water partition coefficient (Wildman–Crippen LogP) is 11.6. The van der Waals surface area contributed by atoms with E-state index in [0.717, 1.165) is 88.4 Å². The molecule has 0 saturated heterocycles. The molecule has 0 unspecified atom stereocenters. The van der Waals surface area contributed by atoms with Crippen molar-refractivity contribution in [3.05, 3.63) is 186 Å². The van der Waals surface area contributed by atoms with Crippen LogP contribution in [0.25, 0.3) is 88.4 Å². The zero-order chi connectivity index (χ0) is 40.9. The number of pyridine rings is 1. The average Bonchev–Trinajstić information content (AvgIpc) is 3.83. The number of hydrogen-bond donors (Lipinski definition) is 0. The molecule has 3 heterocycles. The van der Waals surface area contributed by atoms with Crippen LogP contribution in [0, 0.1) is 56.7 Å². The smallest absolute Gasteiger partial charge is 0.0998 e. The molecule has 0 atom stereocenters. The molecule has 0 aliphatic carbocycles. The lowest BCUT2D eigenvalue weighted by molar-refractivity contribution is 1.09. The summed E-state index contributed by atoms with van der Waals surface area (Å²) in [7, 11) is 0. The fourth-order valence-corrected chi connectivity index (χ4v) is 8.47. The van der Waals surface area contributed by atoms with Gasteiger partial charge in [-0.3, -0.25) is 4.98 Å². The fraction of sp³-hybridized carbons (Fsp3) is 0. The number of hydrogen-bond acceptors (Lipinski definition) is 6. The van der Waals surface area contributed by atoms with E-state index >= 15 is 0 Å². The minimum absolute atomic E-state index is 0.412. The van der Waals surface area contributed by atoms with Gasteiger partial charge in [0.15, 0.2) is 0 Å². The van der Waals surface area contributed by atoms with Gasteiger partial charge < -0.3 is 9.13 Å². The molecule has 0 fully saturated rings. The third-order valence-corrected chi connectivity index (χ3v) is 11.1. The lowest BCUT2D eigenvalue weighted by atomic mass is 9.98. The van der Waals surface area contributed by atoms with Crippen LogP contribution in [0.15, 0.2) is 158 Å². The van der Waals surface area contributed by atoms with Crippen LogP contribution in [0.2, 0.25) is 0 Å². The van der Waals surface area contributed by atoms with Gasteiger partial charge in [0.1, 0.15) is 0 Å². The first-order valence-electron chi connectivity index (χ1n) is 19.0. The van der Waals surface area contributed by atoms with Crippen molar-refractivity contribution in [2.45, 2.75) is 0 Å². The number of rotatable bonds is 5. The van der Waals surface area contributed by atoms with Crippen LogP contribution < -0.4 is 0 Å². The zero-order valence-corrected chi connectivity index (χ0v) is 31.6. The first kappa shape index (κ1) is 35.2. The lowest BCUT2D eigenvalue weighted by Crippen LogP contribution is -2.05. The summed E-state index contributed by atoms with van der Waals surface area (Å²) in [5.74, 6) is 0. The Balaban J connectivity index is 1.29. The Morgan fingerprint density at radius 2 is 0.783 bits per heavy atom. The van der Waals surface area contributed by atoms with Gasteiger partial charge in [-0.2, -0.15) is 26.3 Å². The maximum atomic E-state index is 10.8. The maximum Gasteiger partial charge on any atom is 0.0998 e. The third-order valence-electron chi connectivity index (χ3n) is 11.1. The summed E-state index contributed by atoms with van der Waals surface area (Å²) in [5.41, 5.74) is 12.4. The average molecular weight is 763 g/mol. The Morgan fingerprint density at radius 1 is 0.350 bits per heavy atom. The molecule has 0 saturated carbocycles. The molecule has 0 bridgehead atoms. The van der Waals surface area contributed by atoms with Gasteiger partial charge in [-0.25, -0.2) is 0 Å². The van der Waals surface area contributed by atoms with Gasteiger partial charge in [0.25, 0.3) is 0 Å². The normalized spacial score (nSPS) is 10.9. The van der Waals surface area contributed by atoms with Crippen molar-refractivity contribution in [1.82, 2.24) is 14.1 Å². The van der Waals surface area contributed by atoms with Crippen LogP contribution in [0.5, 0.6) is 0 Å². The highest BCUT2D eigenvalue weighted by molar-refractivity contribution is 6.13. The van der Waals surface area contributed by atoms with Gasteiger partial charge in [0, 0.05) is 39.5 Å². The monoisotopic (exact) mass is 762 g/mol. The van der Waals surface area contributed by atoms with Crippen LogP contribution in [0.3, 0.4) is 0 Å². The molecule has 8 heteroatoms. The van der Waals surface area contributed by atoms with E-state index in [1.165, 1.54) is 0 Å². The minimum Gasteiger partial charge on any atom is -0.307 e. The van der Waals surface area contributed by atoms with Crippen molar-refractivity contribution in [3.8, 4) is 75.1 Å². The van der Waals surface area contributed by atoms with E-state index < -0.39 is 0 Å². The number of para-hydroxylation sites is 2. The van der Waals surface area contributed by atoms with Gasteiger partial charge in [0.05, 0.1) is 91.6 Å².